The number of amides is 4. The highest BCUT2D eigenvalue weighted by atomic mass is 16.5. The summed E-state index contributed by atoms with van der Waals surface area (Å²) in [6.45, 7) is 5.87. The highest BCUT2D eigenvalue weighted by Gasteiger charge is 2.41. The molecule has 4 aliphatic heterocycles. The molecule has 1 aromatic heterocycles. The van der Waals surface area contributed by atoms with E-state index in [0.717, 1.165) is 42.6 Å². The van der Waals surface area contributed by atoms with Crippen LogP contribution in [-0.2, 0) is 19.1 Å². The standard InChI is InChI=1S/C43H48N8O7/c1-24(2)36(46-23-52)41(54)50-17-7-11-32(50)39-45-22-31(48-39)27-13-15-28-35(20-27)58-34-16-14-26(19-29(34)38(28)53)30-21-44-40(47-30)33-12-8-18-51(33)42(55)37(49-43(56)57-3)25-9-5-4-6-10-25/h4-6,9-10,13-16,19-20,23-24,30-33,36-37H,7-8,11-12,17-18,21-22H2,1-3H3,(H,44,47)(H,45,48)(H,46,52)(H,49,56)/t30?,31?,32-,33-,36-,37+/m0/s1. The number of rotatable bonds is 11. The van der Waals surface area contributed by atoms with Gasteiger partial charge in [-0.05, 0) is 72.6 Å². The van der Waals surface area contributed by atoms with Crippen LogP contribution in [0.3, 0.4) is 0 Å². The number of ether oxygens (including phenoxy) is 1. The Kier molecular flexibility index (Phi) is 10.9. The number of carbonyl (C=O) groups excluding carboxylic acids is 4. The number of benzene rings is 3. The smallest absolute Gasteiger partial charge is 0.407 e. The van der Waals surface area contributed by atoms with Crippen molar-refractivity contribution in [2.24, 2.45) is 15.9 Å². The van der Waals surface area contributed by atoms with E-state index in [-0.39, 0.29) is 47.3 Å². The SMILES string of the molecule is COC(=O)N[C@@H](C(=O)N1CCC[C@H]1C1=NCC(c2ccc3oc4cc(C5CN=C([C@@H]6CCCN6C(=O)[C@@H](NC=O)C(C)C)N5)ccc4c(=O)c3c2)N1)c1ccccc1. The molecule has 2 unspecified atom stereocenters. The van der Waals surface area contributed by atoms with Crippen LogP contribution in [-0.4, -0.2) is 97.2 Å². The average Bonchev–Trinajstić information content (AvgIpc) is 4.08. The number of nitrogens with one attached hydrogen (secondary N) is 4. The molecular formula is C43H48N8O7. The van der Waals surface area contributed by atoms with Gasteiger partial charge >= 0.3 is 6.09 Å². The molecule has 4 N–H and O–H groups in total. The van der Waals surface area contributed by atoms with Gasteiger partial charge in [-0.1, -0.05) is 56.3 Å². The van der Waals surface area contributed by atoms with E-state index in [1.165, 1.54) is 7.11 Å². The largest absolute Gasteiger partial charge is 0.456 e. The van der Waals surface area contributed by atoms with Crippen LogP contribution in [0.25, 0.3) is 21.9 Å². The summed E-state index contributed by atoms with van der Waals surface area (Å²) >= 11 is 0. The molecule has 0 bridgehead atoms. The molecule has 8 rings (SSSR count). The number of carbonyl (C=O) groups is 4. The van der Waals surface area contributed by atoms with E-state index < -0.39 is 18.2 Å². The van der Waals surface area contributed by atoms with E-state index >= 15 is 0 Å². The minimum absolute atomic E-state index is 0.0490. The summed E-state index contributed by atoms with van der Waals surface area (Å²) in [5.41, 5.74) is 3.25. The lowest BCUT2D eigenvalue weighted by Gasteiger charge is -2.30. The van der Waals surface area contributed by atoms with Crippen LogP contribution in [0.1, 0.15) is 74.3 Å². The Hall–Kier alpha value is -6.25. The highest BCUT2D eigenvalue weighted by Crippen LogP contribution is 2.31. The molecule has 5 heterocycles. The van der Waals surface area contributed by atoms with Crippen LogP contribution in [0.2, 0.25) is 0 Å². The first kappa shape index (κ1) is 38.6. The number of hydrogen-bond donors (Lipinski definition) is 4. The van der Waals surface area contributed by atoms with Crippen molar-refractivity contribution in [2.75, 3.05) is 33.3 Å². The number of methoxy groups -OCH3 is 1. The molecule has 302 valence electrons. The molecule has 0 aliphatic carbocycles. The van der Waals surface area contributed by atoms with Gasteiger partial charge in [0.25, 0.3) is 5.91 Å². The van der Waals surface area contributed by atoms with Gasteiger partial charge in [0.2, 0.25) is 17.7 Å². The van der Waals surface area contributed by atoms with E-state index in [2.05, 4.69) is 21.3 Å². The van der Waals surface area contributed by atoms with E-state index in [1.807, 2.05) is 67.3 Å². The fraction of sp³-hybridized carbons (Fsp3) is 0.419. The molecule has 4 aliphatic rings. The van der Waals surface area contributed by atoms with Crippen molar-refractivity contribution in [3.63, 3.8) is 0 Å². The van der Waals surface area contributed by atoms with Crippen molar-refractivity contribution in [1.82, 2.24) is 31.1 Å². The molecular weight excluding hydrogens is 741 g/mol. The van der Waals surface area contributed by atoms with Gasteiger partial charge in [-0.25, -0.2) is 4.79 Å². The maximum Gasteiger partial charge on any atom is 0.407 e. The molecule has 15 nitrogen and oxygen atoms in total. The lowest BCUT2D eigenvalue weighted by atomic mass is 10.0. The van der Waals surface area contributed by atoms with Crippen molar-refractivity contribution in [1.29, 1.82) is 0 Å². The molecule has 0 spiro atoms. The van der Waals surface area contributed by atoms with Gasteiger partial charge in [-0.3, -0.25) is 29.2 Å². The van der Waals surface area contributed by atoms with Crippen LogP contribution >= 0.6 is 0 Å². The minimum Gasteiger partial charge on any atom is -0.456 e. The Morgan fingerprint density at radius 2 is 1.45 bits per heavy atom. The van der Waals surface area contributed by atoms with Crippen molar-refractivity contribution in [3.8, 4) is 0 Å². The van der Waals surface area contributed by atoms with Gasteiger partial charge in [0, 0.05) is 13.1 Å². The van der Waals surface area contributed by atoms with Crippen LogP contribution in [0.4, 0.5) is 4.79 Å². The topological polar surface area (TPSA) is 187 Å². The maximum atomic E-state index is 14.0. The van der Waals surface area contributed by atoms with Gasteiger partial charge in [-0.2, -0.15) is 0 Å². The van der Waals surface area contributed by atoms with Crippen molar-refractivity contribution < 1.29 is 28.3 Å². The number of hydrogen-bond acceptors (Lipinski definition) is 11. The van der Waals surface area contributed by atoms with E-state index in [4.69, 9.17) is 19.1 Å². The van der Waals surface area contributed by atoms with Crippen molar-refractivity contribution in [2.45, 2.75) is 75.8 Å². The zero-order valence-corrected chi connectivity index (χ0v) is 32.8. The number of aliphatic imine (C=N–C) groups is 2. The van der Waals surface area contributed by atoms with Crippen molar-refractivity contribution in [3.05, 3.63) is 93.6 Å². The summed E-state index contributed by atoms with van der Waals surface area (Å²) < 4.78 is 11.2. The van der Waals surface area contributed by atoms with Crippen LogP contribution < -0.4 is 26.7 Å². The average molecular weight is 789 g/mol. The Balaban J connectivity index is 0.955. The van der Waals surface area contributed by atoms with Gasteiger partial charge in [-0.15, -0.1) is 0 Å². The number of amidine groups is 2. The molecule has 4 amide bonds. The van der Waals surface area contributed by atoms with Crippen LogP contribution in [0.5, 0.6) is 0 Å². The summed E-state index contributed by atoms with van der Waals surface area (Å²) in [6.07, 6.45) is 3.04. The zero-order chi connectivity index (χ0) is 40.5. The molecule has 15 heteroatoms. The Bertz CT molecular complexity index is 2360. The summed E-state index contributed by atoms with van der Waals surface area (Å²) in [7, 11) is 1.27. The molecule has 3 aromatic carbocycles. The third-order valence-electron chi connectivity index (χ3n) is 11.8. The predicted octanol–water partition coefficient (Wildman–Crippen LogP) is 3.88. The number of fused-ring (bicyclic) bond motifs is 2. The van der Waals surface area contributed by atoms with E-state index in [1.54, 1.807) is 23.1 Å². The van der Waals surface area contributed by atoms with Gasteiger partial charge in [0.1, 0.15) is 34.9 Å². The van der Waals surface area contributed by atoms with Crippen LogP contribution in [0.15, 0.2) is 85.9 Å². The fourth-order valence-corrected chi connectivity index (χ4v) is 8.73. The summed E-state index contributed by atoms with van der Waals surface area (Å²) in [6, 6.07) is 18.0. The Morgan fingerprint density at radius 1 is 0.828 bits per heavy atom. The molecule has 58 heavy (non-hydrogen) atoms. The third-order valence-corrected chi connectivity index (χ3v) is 11.8. The second kappa shape index (κ2) is 16.3. The number of likely N-dealkylation sites (tertiary alicyclic amines) is 2. The minimum atomic E-state index is -0.908. The van der Waals surface area contributed by atoms with Crippen molar-refractivity contribution >= 4 is 57.9 Å². The predicted molar refractivity (Wildman–Crippen MR) is 218 cm³/mol. The van der Waals surface area contributed by atoms with E-state index in [9.17, 15) is 24.0 Å². The first-order chi connectivity index (χ1) is 28.1. The zero-order valence-electron chi connectivity index (χ0n) is 32.8. The summed E-state index contributed by atoms with van der Waals surface area (Å²) in [5, 5.41) is 13.4. The Labute approximate surface area is 335 Å². The van der Waals surface area contributed by atoms with E-state index in [0.29, 0.717) is 65.9 Å². The van der Waals surface area contributed by atoms with Gasteiger partial charge in [0.15, 0.2) is 0 Å². The monoisotopic (exact) mass is 788 g/mol. The second-order valence-electron chi connectivity index (χ2n) is 15.7. The first-order valence-corrected chi connectivity index (χ1v) is 20.0. The lowest BCUT2D eigenvalue weighted by Crippen LogP contribution is -2.53. The lowest BCUT2D eigenvalue weighted by molar-refractivity contribution is -0.135. The Morgan fingerprint density at radius 3 is 2.07 bits per heavy atom. The fourth-order valence-electron chi connectivity index (χ4n) is 8.73. The molecule has 4 aromatic rings. The quantitative estimate of drug-likeness (QED) is 0.129. The second-order valence-corrected chi connectivity index (χ2v) is 15.7. The van der Waals surface area contributed by atoms with Gasteiger partial charge < -0.3 is 40.2 Å². The number of alkyl carbamates (subject to hydrolysis) is 1. The molecule has 6 atom stereocenters. The highest BCUT2D eigenvalue weighted by molar-refractivity contribution is 5.97. The molecule has 0 saturated carbocycles. The third kappa shape index (κ3) is 7.36. The maximum absolute atomic E-state index is 14.0. The van der Waals surface area contributed by atoms with Gasteiger partial charge in [0.05, 0.1) is 55.1 Å². The number of nitrogens with zero attached hydrogens (tertiary/aromatic N) is 4. The summed E-state index contributed by atoms with van der Waals surface area (Å²) in [4.78, 5) is 78.0. The first-order valence-electron chi connectivity index (χ1n) is 20.0. The molecule has 2 fully saturated rings. The molecule has 2 saturated heterocycles. The molecule has 0 radical (unpaired) electrons. The van der Waals surface area contributed by atoms with Crippen LogP contribution in [0, 0.1) is 5.92 Å². The normalized spacial score (nSPS) is 22.6. The summed E-state index contributed by atoms with van der Waals surface area (Å²) in [5.74, 6) is 1.07.